The van der Waals surface area contributed by atoms with Crippen LogP contribution in [-0.4, -0.2) is 49.8 Å². The fraction of sp³-hybridized carbons (Fsp3) is 0.600. The predicted octanol–water partition coefficient (Wildman–Crippen LogP) is 1.41. The zero-order valence-corrected chi connectivity index (χ0v) is 11.8. The molecule has 1 fully saturated rings. The predicted molar refractivity (Wildman–Crippen MR) is 76.5 cm³/mol. The third-order valence-electron chi connectivity index (χ3n) is 3.82. The van der Waals surface area contributed by atoms with Gasteiger partial charge in [0.05, 0.1) is 13.2 Å². The van der Waals surface area contributed by atoms with Crippen molar-refractivity contribution in [1.29, 1.82) is 0 Å². The summed E-state index contributed by atoms with van der Waals surface area (Å²) in [5, 5.41) is 13.6. The van der Waals surface area contributed by atoms with E-state index < -0.39 is 6.10 Å². The number of piperidine rings is 1. The molecule has 19 heavy (non-hydrogen) atoms. The Morgan fingerprint density at radius 3 is 2.53 bits per heavy atom. The van der Waals surface area contributed by atoms with Crippen LogP contribution >= 0.6 is 0 Å². The van der Waals surface area contributed by atoms with Gasteiger partial charge in [-0.05, 0) is 50.7 Å². The highest BCUT2D eigenvalue weighted by atomic mass is 16.5. The van der Waals surface area contributed by atoms with Crippen molar-refractivity contribution in [3.63, 3.8) is 0 Å². The topological polar surface area (TPSA) is 44.7 Å². The zero-order chi connectivity index (χ0) is 13.7. The van der Waals surface area contributed by atoms with Gasteiger partial charge in [-0.15, -0.1) is 0 Å². The molecule has 1 saturated heterocycles. The first kappa shape index (κ1) is 14.3. The van der Waals surface area contributed by atoms with Crippen molar-refractivity contribution >= 4 is 0 Å². The molecule has 1 heterocycles. The number of rotatable bonds is 5. The molecule has 0 spiro atoms. The van der Waals surface area contributed by atoms with E-state index in [1.54, 1.807) is 7.11 Å². The standard InChI is InChI=1S/C15H24N2O2/c1-17-9-7-13(8-10-17)16-11-15(18)12-3-5-14(19-2)6-4-12/h3-6,13,15-16,18H,7-11H2,1-2H3. The molecule has 4 heteroatoms. The summed E-state index contributed by atoms with van der Waals surface area (Å²) < 4.78 is 5.11. The highest BCUT2D eigenvalue weighted by molar-refractivity contribution is 5.28. The van der Waals surface area contributed by atoms with E-state index in [9.17, 15) is 5.11 Å². The van der Waals surface area contributed by atoms with Gasteiger partial charge < -0.3 is 20.1 Å². The third-order valence-corrected chi connectivity index (χ3v) is 3.82. The zero-order valence-electron chi connectivity index (χ0n) is 11.8. The highest BCUT2D eigenvalue weighted by Gasteiger charge is 2.17. The van der Waals surface area contributed by atoms with Gasteiger partial charge in [-0.1, -0.05) is 12.1 Å². The summed E-state index contributed by atoms with van der Waals surface area (Å²) in [7, 11) is 3.80. The maximum Gasteiger partial charge on any atom is 0.118 e. The highest BCUT2D eigenvalue weighted by Crippen LogP contribution is 2.17. The van der Waals surface area contributed by atoms with Crippen molar-refractivity contribution < 1.29 is 9.84 Å². The Kier molecular flexibility index (Phi) is 5.19. The summed E-state index contributed by atoms with van der Waals surface area (Å²) in [6.07, 6.45) is 1.86. The Morgan fingerprint density at radius 1 is 1.32 bits per heavy atom. The van der Waals surface area contributed by atoms with E-state index in [-0.39, 0.29) is 0 Å². The van der Waals surface area contributed by atoms with Gasteiger partial charge in [-0.25, -0.2) is 0 Å². The first-order valence-electron chi connectivity index (χ1n) is 6.93. The number of aliphatic hydroxyl groups excluding tert-OH is 1. The molecule has 106 valence electrons. The maximum absolute atomic E-state index is 10.2. The van der Waals surface area contributed by atoms with E-state index in [1.807, 2.05) is 24.3 Å². The average molecular weight is 264 g/mol. The number of benzene rings is 1. The molecule has 2 rings (SSSR count). The van der Waals surface area contributed by atoms with E-state index in [1.165, 1.54) is 0 Å². The first-order valence-corrected chi connectivity index (χ1v) is 6.93. The van der Waals surface area contributed by atoms with Gasteiger partial charge >= 0.3 is 0 Å². The molecular formula is C15H24N2O2. The summed E-state index contributed by atoms with van der Waals surface area (Å²) in [4.78, 5) is 2.35. The molecule has 1 aliphatic rings. The molecule has 0 aliphatic carbocycles. The van der Waals surface area contributed by atoms with Crippen LogP contribution in [0.1, 0.15) is 24.5 Å². The fourth-order valence-corrected chi connectivity index (χ4v) is 2.43. The molecule has 0 aromatic heterocycles. The number of nitrogens with zero attached hydrogens (tertiary/aromatic N) is 1. The van der Waals surface area contributed by atoms with Crippen molar-refractivity contribution in [2.45, 2.75) is 25.0 Å². The van der Waals surface area contributed by atoms with E-state index in [0.717, 1.165) is 37.2 Å². The van der Waals surface area contributed by atoms with Crippen LogP contribution in [0.3, 0.4) is 0 Å². The molecule has 1 unspecified atom stereocenters. The molecular weight excluding hydrogens is 240 g/mol. The van der Waals surface area contributed by atoms with Gasteiger partial charge in [0.2, 0.25) is 0 Å². The van der Waals surface area contributed by atoms with Crippen LogP contribution in [0.25, 0.3) is 0 Å². The SMILES string of the molecule is COc1ccc(C(O)CNC2CCN(C)CC2)cc1. The summed E-state index contributed by atoms with van der Waals surface area (Å²) in [5.74, 6) is 0.819. The van der Waals surface area contributed by atoms with Crippen LogP contribution < -0.4 is 10.1 Å². The van der Waals surface area contributed by atoms with E-state index in [4.69, 9.17) is 4.74 Å². The minimum Gasteiger partial charge on any atom is -0.497 e. The van der Waals surface area contributed by atoms with Gasteiger partial charge in [0, 0.05) is 12.6 Å². The van der Waals surface area contributed by atoms with E-state index in [2.05, 4.69) is 17.3 Å². The van der Waals surface area contributed by atoms with Crippen LogP contribution in [0.4, 0.5) is 0 Å². The molecule has 0 bridgehead atoms. The van der Waals surface area contributed by atoms with Crippen LogP contribution in [0, 0.1) is 0 Å². The van der Waals surface area contributed by atoms with Gasteiger partial charge in [0.15, 0.2) is 0 Å². The number of nitrogens with one attached hydrogen (secondary N) is 1. The molecule has 1 aromatic carbocycles. The molecule has 4 nitrogen and oxygen atoms in total. The second-order valence-electron chi connectivity index (χ2n) is 5.27. The van der Waals surface area contributed by atoms with Crippen LogP contribution in [0.5, 0.6) is 5.75 Å². The minimum atomic E-state index is -0.453. The molecule has 0 amide bonds. The van der Waals surface area contributed by atoms with Crippen LogP contribution in [0.2, 0.25) is 0 Å². The number of likely N-dealkylation sites (tertiary alicyclic amines) is 1. The normalized spacial score (nSPS) is 19.3. The maximum atomic E-state index is 10.2. The monoisotopic (exact) mass is 264 g/mol. The van der Waals surface area contributed by atoms with Gasteiger partial charge in [0.25, 0.3) is 0 Å². The average Bonchev–Trinajstić information content (AvgIpc) is 2.46. The summed E-state index contributed by atoms with van der Waals surface area (Å²) >= 11 is 0. The number of methoxy groups -OCH3 is 1. The Morgan fingerprint density at radius 2 is 1.95 bits per heavy atom. The largest absolute Gasteiger partial charge is 0.497 e. The number of hydrogen-bond donors (Lipinski definition) is 2. The van der Waals surface area contributed by atoms with Crippen LogP contribution in [-0.2, 0) is 0 Å². The smallest absolute Gasteiger partial charge is 0.118 e. The van der Waals surface area contributed by atoms with E-state index >= 15 is 0 Å². The number of hydrogen-bond acceptors (Lipinski definition) is 4. The summed E-state index contributed by atoms with van der Waals surface area (Å²) in [6, 6.07) is 8.13. The van der Waals surface area contributed by atoms with Gasteiger partial charge in [-0.2, -0.15) is 0 Å². The van der Waals surface area contributed by atoms with Crippen molar-refractivity contribution in [3.05, 3.63) is 29.8 Å². The van der Waals surface area contributed by atoms with Crippen LogP contribution in [0.15, 0.2) is 24.3 Å². The summed E-state index contributed by atoms with van der Waals surface area (Å²) in [6.45, 7) is 2.88. The number of ether oxygens (including phenoxy) is 1. The third kappa shape index (κ3) is 4.20. The Balaban J connectivity index is 1.78. The lowest BCUT2D eigenvalue weighted by atomic mass is 10.0. The Bertz CT molecular complexity index is 372. The molecule has 1 aliphatic heterocycles. The Hall–Kier alpha value is -1.10. The van der Waals surface area contributed by atoms with Gasteiger partial charge in [-0.3, -0.25) is 0 Å². The van der Waals surface area contributed by atoms with Gasteiger partial charge in [0.1, 0.15) is 5.75 Å². The van der Waals surface area contributed by atoms with Crippen molar-refractivity contribution in [2.24, 2.45) is 0 Å². The Labute approximate surface area is 115 Å². The lowest BCUT2D eigenvalue weighted by Crippen LogP contribution is -2.42. The lowest BCUT2D eigenvalue weighted by Gasteiger charge is -2.30. The van der Waals surface area contributed by atoms with E-state index in [0.29, 0.717) is 12.6 Å². The lowest BCUT2D eigenvalue weighted by molar-refractivity contribution is 0.157. The second-order valence-corrected chi connectivity index (χ2v) is 5.27. The minimum absolute atomic E-state index is 0.453. The molecule has 1 aromatic rings. The molecule has 2 N–H and O–H groups in total. The fourth-order valence-electron chi connectivity index (χ4n) is 2.43. The molecule has 0 saturated carbocycles. The van der Waals surface area contributed by atoms with Crippen molar-refractivity contribution in [3.8, 4) is 5.75 Å². The van der Waals surface area contributed by atoms with Crippen molar-refractivity contribution in [1.82, 2.24) is 10.2 Å². The summed E-state index contributed by atoms with van der Waals surface area (Å²) in [5.41, 5.74) is 0.932. The molecule has 1 atom stereocenters. The quantitative estimate of drug-likeness (QED) is 0.844. The molecule has 0 radical (unpaired) electrons. The van der Waals surface area contributed by atoms with Crippen molar-refractivity contribution in [2.75, 3.05) is 33.8 Å². The number of aliphatic hydroxyl groups is 1. The second kappa shape index (κ2) is 6.89. The first-order chi connectivity index (χ1) is 9.19.